The summed E-state index contributed by atoms with van der Waals surface area (Å²) in [6, 6.07) is 28.3. The molecule has 2 heterocycles. The lowest BCUT2D eigenvalue weighted by atomic mass is 9.71. The summed E-state index contributed by atoms with van der Waals surface area (Å²) in [6.45, 7) is 20.0. The van der Waals surface area contributed by atoms with Gasteiger partial charge < -0.3 is 20.1 Å². The van der Waals surface area contributed by atoms with E-state index >= 15 is 26.3 Å². The molecule has 12 nitrogen and oxygen atoms in total. The highest BCUT2D eigenvalue weighted by Gasteiger charge is 2.73. The Morgan fingerprint density at radius 1 is 0.575 bits per heavy atom. The first kappa shape index (κ1) is 57.6. The van der Waals surface area contributed by atoms with Crippen LogP contribution in [0.2, 0.25) is 0 Å². The number of aryl methyl sites for hydroxylation is 1. The molecular weight excluding hydrogens is 1040 g/mol. The van der Waals surface area contributed by atoms with Crippen LogP contribution < -0.4 is 29.9 Å². The molecule has 0 aromatic heterocycles. The molecule has 6 aromatic carbocycles. The van der Waals surface area contributed by atoms with Crippen molar-refractivity contribution >= 4 is 46.8 Å². The van der Waals surface area contributed by atoms with Gasteiger partial charge in [0, 0.05) is 31.2 Å². The fraction of sp³-hybridized carbons (Fsp3) is 0.290. The smallest absolute Gasteiger partial charge is 0.411 e. The standard InChI is InChI=1S/C62H58F6N4O8/c1-11-38-13-20-44(33-52(38)57(6,7)34-69-36(4)73)72-54(76)49-30-19-42(32-51(49)56(72)78)60(61(63,64)65,62(66,67)68)41-18-29-48-50(31-41)55(77)71(53(48)75)43-21-27-47(28-22-43)80-46-25-16-40(17-26-46)58(8,9)39-14-23-45(24-15-39)79-35(3)59(10,12-2)70-37(5)74/h12-33,35H,2,11,34H2,1,3-10H3,(H,69,73)(H,70,74)/t35?,59-/m0/s1. The maximum atomic E-state index is 15.7. The van der Waals surface area contributed by atoms with E-state index in [0.29, 0.717) is 57.5 Å². The number of nitrogens with one attached hydrogen (secondary N) is 2. The van der Waals surface area contributed by atoms with E-state index in [1.807, 2.05) is 84.9 Å². The second kappa shape index (κ2) is 20.9. The second-order valence-corrected chi connectivity index (χ2v) is 21.3. The highest BCUT2D eigenvalue weighted by Crippen LogP contribution is 2.57. The number of hydrogen-bond acceptors (Lipinski definition) is 8. The number of hydrogen-bond donors (Lipinski definition) is 2. The number of anilines is 2. The van der Waals surface area contributed by atoms with E-state index in [-0.39, 0.29) is 35.5 Å². The predicted octanol–water partition coefficient (Wildman–Crippen LogP) is 12.6. The Hall–Kier alpha value is -8.54. The van der Waals surface area contributed by atoms with Gasteiger partial charge in [-0.1, -0.05) is 83.2 Å². The van der Waals surface area contributed by atoms with Crippen LogP contribution in [-0.4, -0.2) is 66.0 Å². The van der Waals surface area contributed by atoms with Crippen LogP contribution in [0.15, 0.2) is 140 Å². The first-order chi connectivity index (χ1) is 37.4. The number of carbonyl (C=O) groups excluding carboxylic acids is 6. The normalized spacial score (nSPS) is 15.0. The minimum atomic E-state index is -6.17. The van der Waals surface area contributed by atoms with Gasteiger partial charge in [-0.25, -0.2) is 9.80 Å². The van der Waals surface area contributed by atoms with Gasteiger partial charge in [0.25, 0.3) is 23.6 Å². The zero-order valence-electron chi connectivity index (χ0n) is 45.3. The third kappa shape index (κ3) is 10.2. The fourth-order valence-electron chi connectivity index (χ4n) is 10.4. The van der Waals surface area contributed by atoms with Gasteiger partial charge in [-0.05, 0) is 139 Å². The van der Waals surface area contributed by atoms with E-state index in [1.54, 1.807) is 24.3 Å². The molecule has 2 aliphatic rings. The number of rotatable bonds is 17. The topological polar surface area (TPSA) is 151 Å². The molecule has 0 saturated heterocycles. The average Bonchev–Trinajstić information content (AvgIpc) is 3.58. The minimum Gasteiger partial charge on any atom is -0.488 e. The summed E-state index contributed by atoms with van der Waals surface area (Å²) >= 11 is 0. The summed E-state index contributed by atoms with van der Waals surface area (Å²) in [5, 5.41) is 5.61. The van der Waals surface area contributed by atoms with Gasteiger partial charge in [0.15, 0.2) is 0 Å². The molecule has 8 rings (SSSR count). The molecule has 0 bridgehead atoms. The quantitative estimate of drug-likeness (QED) is 0.0520. The number of benzene rings is 6. The van der Waals surface area contributed by atoms with Crippen LogP contribution in [0, 0.1) is 0 Å². The van der Waals surface area contributed by atoms with E-state index in [2.05, 4.69) is 17.2 Å². The number of carbonyl (C=O) groups is 6. The number of nitrogens with zero attached hydrogens (tertiary/aromatic N) is 2. The molecule has 18 heteroatoms. The van der Waals surface area contributed by atoms with E-state index < -0.39 is 97.2 Å². The lowest BCUT2D eigenvalue weighted by molar-refractivity contribution is -0.288. The largest absolute Gasteiger partial charge is 0.488 e. The summed E-state index contributed by atoms with van der Waals surface area (Å²) in [6.07, 6.45) is -10.6. The third-order valence-electron chi connectivity index (χ3n) is 15.2. The van der Waals surface area contributed by atoms with E-state index in [1.165, 1.54) is 50.2 Å². The Labute approximate surface area is 458 Å². The number of alkyl halides is 6. The zero-order valence-corrected chi connectivity index (χ0v) is 45.3. The van der Waals surface area contributed by atoms with Crippen LogP contribution in [0.5, 0.6) is 17.2 Å². The van der Waals surface area contributed by atoms with Crippen LogP contribution in [0.25, 0.3) is 0 Å². The van der Waals surface area contributed by atoms with E-state index in [0.717, 1.165) is 28.8 Å². The summed E-state index contributed by atoms with van der Waals surface area (Å²) in [5.74, 6) is -3.56. The highest BCUT2D eigenvalue weighted by atomic mass is 19.4. The average molecular weight is 1100 g/mol. The summed E-state index contributed by atoms with van der Waals surface area (Å²) in [7, 11) is 0. The van der Waals surface area contributed by atoms with E-state index in [4.69, 9.17) is 9.47 Å². The molecule has 1 unspecified atom stereocenters. The van der Waals surface area contributed by atoms with Gasteiger partial charge in [-0.2, -0.15) is 26.3 Å². The molecule has 0 aliphatic carbocycles. The van der Waals surface area contributed by atoms with Crippen molar-refractivity contribution in [2.45, 2.75) is 109 Å². The number of fused-ring (bicyclic) bond motifs is 2. The van der Waals surface area contributed by atoms with Crippen molar-refractivity contribution in [3.05, 3.63) is 196 Å². The van der Waals surface area contributed by atoms with Gasteiger partial charge in [-0.15, -0.1) is 6.58 Å². The van der Waals surface area contributed by atoms with Crippen molar-refractivity contribution in [1.29, 1.82) is 0 Å². The monoisotopic (exact) mass is 1100 g/mol. The lowest BCUT2D eigenvalue weighted by Gasteiger charge is -2.38. The highest BCUT2D eigenvalue weighted by molar-refractivity contribution is 6.35. The van der Waals surface area contributed by atoms with Crippen LogP contribution in [0.3, 0.4) is 0 Å². The molecule has 0 radical (unpaired) electrons. The van der Waals surface area contributed by atoms with Crippen LogP contribution in [0.1, 0.15) is 137 Å². The molecule has 2 atom stereocenters. The van der Waals surface area contributed by atoms with Crippen LogP contribution in [-0.2, 0) is 32.3 Å². The molecule has 0 saturated carbocycles. The summed E-state index contributed by atoms with van der Waals surface area (Å²) in [4.78, 5) is 80.7. The van der Waals surface area contributed by atoms with Gasteiger partial charge in [-0.3, -0.25) is 28.8 Å². The van der Waals surface area contributed by atoms with Crippen molar-refractivity contribution < 1.29 is 64.6 Å². The molecule has 0 fully saturated rings. The van der Waals surface area contributed by atoms with Crippen molar-refractivity contribution in [3.63, 3.8) is 0 Å². The number of ether oxygens (including phenoxy) is 2. The van der Waals surface area contributed by atoms with Crippen molar-refractivity contribution in [2.75, 3.05) is 16.3 Å². The molecule has 6 amide bonds. The van der Waals surface area contributed by atoms with Crippen LogP contribution in [0.4, 0.5) is 37.7 Å². The maximum Gasteiger partial charge on any atom is 0.411 e. The Morgan fingerprint density at radius 2 is 1.00 bits per heavy atom. The predicted molar refractivity (Wildman–Crippen MR) is 290 cm³/mol. The molecule has 2 N–H and O–H groups in total. The van der Waals surface area contributed by atoms with Gasteiger partial charge in [0.05, 0.1) is 39.2 Å². The third-order valence-corrected chi connectivity index (χ3v) is 15.2. The Balaban J connectivity index is 1.02. The molecule has 2 aliphatic heterocycles. The summed E-state index contributed by atoms with van der Waals surface area (Å²) < 4.78 is 106. The lowest BCUT2D eigenvalue weighted by Crippen LogP contribution is -2.55. The minimum absolute atomic E-state index is 0.00929. The van der Waals surface area contributed by atoms with Crippen LogP contribution >= 0.6 is 0 Å². The Morgan fingerprint density at radius 3 is 1.44 bits per heavy atom. The molecule has 80 heavy (non-hydrogen) atoms. The Kier molecular flexibility index (Phi) is 15.1. The molecule has 416 valence electrons. The van der Waals surface area contributed by atoms with Crippen molar-refractivity contribution in [1.82, 2.24) is 10.6 Å². The van der Waals surface area contributed by atoms with Gasteiger partial charge >= 0.3 is 12.4 Å². The van der Waals surface area contributed by atoms with Crippen molar-refractivity contribution in [3.8, 4) is 17.2 Å². The van der Waals surface area contributed by atoms with E-state index in [9.17, 15) is 28.8 Å². The van der Waals surface area contributed by atoms with Crippen molar-refractivity contribution in [2.24, 2.45) is 0 Å². The molecule has 6 aromatic rings. The zero-order chi connectivity index (χ0) is 58.7. The first-order valence-corrected chi connectivity index (χ1v) is 25.6. The SMILES string of the molecule is C=C[C@](C)(NC(C)=O)C(C)Oc1ccc(C(C)(C)c2ccc(Oc3ccc(N4C(=O)c5ccc(C(c6ccc7c(c6)C(=O)N(c6ccc(CC)c(C(C)(C)CNC(C)=O)c6)C7=O)(C(F)(F)F)C(F)(F)F)cc5C4=O)cc3)cc2)cc1. The maximum absolute atomic E-state index is 15.7. The molecule has 0 spiro atoms. The second-order valence-electron chi connectivity index (χ2n) is 21.3. The van der Waals surface area contributed by atoms with Gasteiger partial charge in [0.2, 0.25) is 17.2 Å². The first-order valence-electron chi connectivity index (χ1n) is 25.6. The number of halogens is 6. The Bertz CT molecular complexity index is 3470. The summed E-state index contributed by atoms with van der Waals surface area (Å²) in [5.41, 5.74) is -8.81. The van der Waals surface area contributed by atoms with Gasteiger partial charge in [0.1, 0.15) is 23.4 Å². The number of imide groups is 2. The number of amides is 6. The molecular formula is C62H58F6N4O8. The fourth-order valence-corrected chi connectivity index (χ4v) is 10.4.